The molecule has 1 aromatic carbocycles. The van der Waals surface area contributed by atoms with Gasteiger partial charge in [-0.3, -0.25) is 9.59 Å². The van der Waals surface area contributed by atoms with Crippen LogP contribution in [0, 0.1) is 6.92 Å². The molecule has 1 rings (SSSR count). The predicted molar refractivity (Wildman–Crippen MR) is 66.6 cm³/mol. The van der Waals surface area contributed by atoms with Crippen LogP contribution in [0.4, 0.5) is 5.69 Å². The minimum atomic E-state index is -0.183. The zero-order valence-corrected chi connectivity index (χ0v) is 9.82. The Kier molecular flexibility index (Phi) is 5.00. The molecule has 0 aromatic heterocycles. The lowest BCUT2D eigenvalue weighted by Crippen LogP contribution is -2.27. The van der Waals surface area contributed by atoms with E-state index >= 15 is 0 Å². The molecule has 1 aromatic rings. The lowest BCUT2D eigenvalue weighted by Gasteiger charge is -2.08. The number of carbonyl (C=O) groups excluding carboxylic acids is 2. The van der Waals surface area contributed by atoms with Crippen LogP contribution in [0.25, 0.3) is 0 Å². The van der Waals surface area contributed by atoms with E-state index in [1.54, 1.807) is 12.1 Å². The van der Waals surface area contributed by atoms with Crippen molar-refractivity contribution in [3.05, 3.63) is 29.3 Å². The van der Waals surface area contributed by atoms with Crippen molar-refractivity contribution in [2.24, 2.45) is 0 Å². The fourth-order valence-electron chi connectivity index (χ4n) is 1.41. The molecule has 5 nitrogen and oxygen atoms in total. The molecule has 17 heavy (non-hydrogen) atoms. The van der Waals surface area contributed by atoms with E-state index in [1.807, 2.05) is 13.0 Å². The molecule has 92 valence electrons. The summed E-state index contributed by atoms with van der Waals surface area (Å²) in [5.41, 5.74) is 7.68. The third-order valence-electron chi connectivity index (χ3n) is 2.32. The molecule has 5 heteroatoms. The van der Waals surface area contributed by atoms with Crippen molar-refractivity contribution in [2.75, 3.05) is 18.8 Å². The second kappa shape index (κ2) is 6.52. The van der Waals surface area contributed by atoms with Crippen LogP contribution in [0.3, 0.4) is 0 Å². The minimum Gasteiger partial charge on any atom is -0.398 e. The number of benzene rings is 1. The van der Waals surface area contributed by atoms with Gasteiger partial charge in [0.1, 0.15) is 0 Å². The van der Waals surface area contributed by atoms with Crippen LogP contribution in [-0.4, -0.2) is 25.4 Å². The van der Waals surface area contributed by atoms with Crippen LogP contribution < -0.4 is 16.4 Å². The van der Waals surface area contributed by atoms with Gasteiger partial charge in [0.05, 0.1) is 5.56 Å². The van der Waals surface area contributed by atoms with Crippen molar-refractivity contribution >= 4 is 18.0 Å². The quantitative estimate of drug-likeness (QED) is 0.380. The summed E-state index contributed by atoms with van der Waals surface area (Å²) in [4.78, 5) is 21.8. The fourth-order valence-corrected chi connectivity index (χ4v) is 1.41. The maximum atomic E-state index is 11.8. The van der Waals surface area contributed by atoms with Crippen LogP contribution in [0.15, 0.2) is 18.2 Å². The number of aryl methyl sites for hydroxylation is 1. The van der Waals surface area contributed by atoms with Crippen LogP contribution in [-0.2, 0) is 4.79 Å². The van der Waals surface area contributed by atoms with Gasteiger partial charge in [0.15, 0.2) is 0 Å². The molecule has 0 spiro atoms. The summed E-state index contributed by atoms with van der Waals surface area (Å²) >= 11 is 0. The summed E-state index contributed by atoms with van der Waals surface area (Å²) in [6.45, 7) is 2.96. The molecule has 0 unspecified atom stereocenters. The summed E-state index contributed by atoms with van der Waals surface area (Å²) in [7, 11) is 0. The van der Waals surface area contributed by atoms with E-state index in [2.05, 4.69) is 10.6 Å². The van der Waals surface area contributed by atoms with Gasteiger partial charge in [-0.1, -0.05) is 11.6 Å². The Morgan fingerprint density at radius 3 is 2.88 bits per heavy atom. The predicted octanol–water partition coefficient (Wildman–Crippen LogP) is 0.443. The number of nitrogens with two attached hydrogens (primary N) is 1. The Morgan fingerprint density at radius 2 is 2.18 bits per heavy atom. The molecule has 0 bridgehead atoms. The van der Waals surface area contributed by atoms with Crippen molar-refractivity contribution in [1.82, 2.24) is 10.6 Å². The minimum absolute atomic E-state index is 0.183. The summed E-state index contributed by atoms with van der Waals surface area (Å²) in [6.07, 6.45) is 1.33. The van der Waals surface area contributed by atoms with Gasteiger partial charge in [0.2, 0.25) is 6.41 Å². The van der Waals surface area contributed by atoms with Gasteiger partial charge >= 0.3 is 0 Å². The standard InChI is InChI=1S/C12H17N3O2/c1-9-3-4-11(13)10(7-9)12(17)15-6-2-5-14-8-16/h3-4,7-8H,2,5-6,13H2,1H3,(H,14,16)(H,15,17). The Labute approximate surface area is 100 Å². The Hall–Kier alpha value is -2.04. The number of amides is 2. The number of carbonyl (C=O) groups is 2. The van der Waals surface area contributed by atoms with E-state index in [4.69, 9.17) is 5.73 Å². The van der Waals surface area contributed by atoms with Gasteiger partial charge in [-0.15, -0.1) is 0 Å². The summed E-state index contributed by atoms with van der Waals surface area (Å²) in [5, 5.41) is 5.28. The molecule has 0 saturated carbocycles. The molecule has 2 amide bonds. The van der Waals surface area contributed by atoms with Crippen molar-refractivity contribution < 1.29 is 9.59 Å². The first kappa shape index (κ1) is 13.0. The van der Waals surface area contributed by atoms with Gasteiger partial charge in [-0.2, -0.15) is 0 Å². The topological polar surface area (TPSA) is 84.2 Å². The molecule has 0 radical (unpaired) electrons. The maximum Gasteiger partial charge on any atom is 0.253 e. The molecule has 0 aliphatic carbocycles. The number of nitrogens with one attached hydrogen (secondary N) is 2. The zero-order valence-electron chi connectivity index (χ0n) is 9.82. The first-order valence-corrected chi connectivity index (χ1v) is 5.46. The van der Waals surface area contributed by atoms with E-state index in [-0.39, 0.29) is 5.91 Å². The SMILES string of the molecule is Cc1ccc(N)c(C(=O)NCCCNC=O)c1. The average molecular weight is 235 g/mol. The second-order valence-corrected chi connectivity index (χ2v) is 3.77. The van der Waals surface area contributed by atoms with Crippen molar-refractivity contribution in [1.29, 1.82) is 0 Å². The maximum absolute atomic E-state index is 11.8. The average Bonchev–Trinajstić information content (AvgIpc) is 2.32. The van der Waals surface area contributed by atoms with E-state index in [0.717, 1.165) is 5.56 Å². The van der Waals surface area contributed by atoms with Gasteiger partial charge in [0, 0.05) is 18.8 Å². The smallest absolute Gasteiger partial charge is 0.253 e. The van der Waals surface area contributed by atoms with E-state index < -0.39 is 0 Å². The highest BCUT2D eigenvalue weighted by Gasteiger charge is 2.08. The third kappa shape index (κ3) is 4.14. The van der Waals surface area contributed by atoms with Crippen LogP contribution in [0.1, 0.15) is 22.3 Å². The monoisotopic (exact) mass is 235 g/mol. The second-order valence-electron chi connectivity index (χ2n) is 3.77. The number of hydrogen-bond acceptors (Lipinski definition) is 3. The van der Waals surface area contributed by atoms with E-state index in [1.165, 1.54) is 0 Å². The highest BCUT2D eigenvalue weighted by atomic mass is 16.1. The van der Waals surface area contributed by atoms with Gasteiger partial charge in [-0.25, -0.2) is 0 Å². The van der Waals surface area contributed by atoms with Crippen LogP contribution in [0.5, 0.6) is 0 Å². The fraction of sp³-hybridized carbons (Fsp3) is 0.333. The van der Waals surface area contributed by atoms with Crippen LogP contribution in [0.2, 0.25) is 0 Å². The highest BCUT2D eigenvalue weighted by Crippen LogP contribution is 2.13. The molecule has 4 N–H and O–H groups in total. The summed E-state index contributed by atoms with van der Waals surface area (Å²) in [6, 6.07) is 5.34. The van der Waals surface area contributed by atoms with E-state index in [0.29, 0.717) is 37.2 Å². The first-order chi connectivity index (χ1) is 8.15. The third-order valence-corrected chi connectivity index (χ3v) is 2.32. The van der Waals surface area contributed by atoms with Gasteiger partial charge in [0.25, 0.3) is 5.91 Å². The normalized spacial score (nSPS) is 9.71. The summed E-state index contributed by atoms with van der Waals surface area (Å²) in [5.74, 6) is -0.183. The molecule has 0 heterocycles. The summed E-state index contributed by atoms with van der Waals surface area (Å²) < 4.78 is 0. The number of anilines is 1. The first-order valence-electron chi connectivity index (χ1n) is 5.46. The Morgan fingerprint density at radius 1 is 1.41 bits per heavy atom. The number of nitrogen functional groups attached to an aromatic ring is 1. The van der Waals surface area contributed by atoms with Crippen LogP contribution >= 0.6 is 0 Å². The van der Waals surface area contributed by atoms with Gasteiger partial charge in [-0.05, 0) is 25.5 Å². The lowest BCUT2D eigenvalue weighted by molar-refractivity contribution is -0.109. The molecular weight excluding hydrogens is 218 g/mol. The molecular formula is C12H17N3O2. The number of rotatable bonds is 6. The highest BCUT2D eigenvalue weighted by molar-refractivity contribution is 5.99. The largest absolute Gasteiger partial charge is 0.398 e. The van der Waals surface area contributed by atoms with Crippen molar-refractivity contribution in [2.45, 2.75) is 13.3 Å². The number of hydrogen-bond donors (Lipinski definition) is 3. The van der Waals surface area contributed by atoms with Crippen molar-refractivity contribution in [3.63, 3.8) is 0 Å². The molecule has 0 fully saturated rings. The molecule has 0 aliphatic heterocycles. The lowest BCUT2D eigenvalue weighted by atomic mass is 10.1. The van der Waals surface area contributed by atoms with E-state index in [9.17, 15) is 9.59 Å². The van der Waals surface area contributed by atoms with Gasteiger partial charge < -0.3 is 16.4 Å². The molecule has 0 saturated heterocycles. The Bertz CT molecular complexity index is 405. The Balaban J connectivity index is 2.46. The molecule has 0 atom stereocenters. The zero-order chi connectivity index (χ0) is 12.7. The molecule has 0 aliphatic rings. The van der Waals surface area contributed by atoms with Crippen molar-refractivity contribution in [3.8, 4) is 0 Å².